The highest BCUT2D eigenvalue weighted by atomic mass is 31.2. The smallest absolute Gasteiger partial charge is 0.379 e. The zero-order valence-corrected chi connectivity index (χ0v) is 26.1. The lowest BCUT2D eigenvalue weighted by atomic mass is 10.0. The van der Waals surface area contributed by atoms with Crippen LogP contribution < -0.4 is 0 Å². The van der Waals surface area contributed by atoms with Crippen molar-refractivity contribution in [2.24, 2.45) is 0 Å². The second-order valence-corrected chi connectivity index (χ2v) is 12.9. The summed E-state index contributed by atoms with van der Waals surface area (Å²) in [6.45, 7) is 6.84. The van der Waals surface area contributed by atoms with Gasteiger partial charge < -0.3 is 18.9 Å². The van der Waals surface area contributed by atoms with Gasteiger partial charge in [0.25, 0.3) is 0 Å². The minimum atomic E-state index is -4.10. The van der Waals surface area contributed by atoms with Crippen LogP contribution in [0.3, 0.4) is 0 Å². The minimum Gasteiger partial charge on any atom is -0.379 e. The Bertz CT molecular complexity index is 529. The fraction of sp³-hybridized carbons (Fsp3) is 1.00. The SMILES string of the molecule is CCCCCCCCCCCCCCCCOCC(COP(=O)(O)OCC[N+](C)(C)C)OCCCCC. The Kier molecular flexibility index (Phi) is 25.0. The van der Waals surface area contributed by atoms with Crippen molar-refractivity contribution in [2.45, 2.75) is 129 Å². The van der Waals surface area contributed by atoms with Gasteiger partial charge in [-0.15, -0.1) is 0 Å². The van der Waals surface area contributed by atoms with Crippen molar-refractivity contribution in [1.29, 1.82) is 0 Å². The number of rotatable bonds is 29. The van der Waals surface area contributed by atoms with E-state index in [0.717, 1.165) is 25.7 Å². The maximum absolute atomic E-state index is 12.2. The number of hydrogen-bond acceptors (Lipinski definition) is 5. The van der Waals surface area contributed by atoms with Gasteiger partial charge in [-0.05, 0) is 12.8 Å². The largest absolute Gasteiger partial charge is 0.472 e. The Morgan fingerprint density at radius 3 is 1.59 bits per heavy atom. The van der Waals surface area contributed by atoms with Crippen LogP contribution in [-0.4, -0.2) is 76.2 Å². The molecule has 8 heteroatoms. The zero-order valence-electron chi connectivity index (χ0n) is 25.2. The summed E-state index contributed by atoms with van der Waals surface area (Å²) in [5, 5.41) is 0. The molecule has 0 bridgehead atoms. The molecule has 2 atom stereocenters. The van der Waals surface area contributed by atoms with E-state index in [2.05, 4.69) is 13.8 Å². The molecule has 0 heterocycles. The maximum atomic E-state index is 12.2. The highest BCUT2D eigenvalue weighted by Crippen LogP contribution is 2.43. The first-order valence-corrected chi connectivity index (χ1v) is 16.8. The molecule has 0 amide bonds. The molecule has 0 saturated carbocycles. The second-order valence-electron chi connectivity index (χ2n) is 11.5. The Labute approximate surface area is 230 Å². The van der Waals surface area contributed by atoms with Crippen molar-refractivity contribution < 1.29 is 32.5 Å². The molecule has 0 spiro atoms. The predicted octanol–water partition coefficient (Wildman–Crippen LogP) is 7.90. The van der Waals surface area contributed by atoms with E-state index < -0.39 is 7.82 Å². The lowest BCUT2D eigenvalue weighted by Gasteiger charge is -2.24. The summed E-state index contributed by atoms with van der Waals surface area (Å²) >= 11 is 0. The summed E-state index contributed by atoms with van der Waals surface area (Å²) in [7, 11) is 1.91. The number of hydrogen-bond donors (Lipinski definition) is 1. The molecule has 0 aromatic heterocycles. The number of nitrogens with zero attached hydrogens (tertiary/aromatic N) is 1. The first-order chi connectivity index (χ1) is 17.7. The standard InChI is InChI=1S/C29H62NO6P/c1-6-8-10-11-12-13-14-15-16-17-18-19-20-22-24-33-27-29(34-25-21-9-7-2)28-36-37(31,32)35-26-23-30(3,4)5/h29H,6-28H2,1-5H3/p+1. The van der Waals surface area contributed by atoms with Gasteiger partial charge in [0.2, 0.25) is 0 Å². The van der Waals surface area contributed by atoms with Gasteiger partial charge in [0.15, 0.2) is 0 Å². The summed E-state index contributed by atoms with van der Waals surface area (Å²) in [5.74, 6) is 0. The summed E-state index contributed by atoms with van der Waals surface area (Å²) in [4.78, 5) is 9.99. The first kappa shape index (κ1) is 37.0. The number of likely N-dealkylation sites (N-methyl/N-ethyl adjacent to an activating group) is 1. The quantitative estimate of drug-likeness (QED) is 0.0578. The van der Waals surface area contributed by atoms with E-state index in [1.807, 2.05) is 21.1 Å². The molecule has 0 saturated heterocycles. The molecule has 37 heavy (non-hydrogen) atoms. The lowest BCUT2D eigenvalue weighted by molar-refractivity contribution is -0.870. The van der Waals surface area contributed by atoms with E-state index in [1.54, 1.807) is 0 Å². The number of unbranched alkanes of at least 4 members (excludes halogenated alkanes) is 15. The predicted molar refractivity (Wildman–Crippen MR) is 155 cm³/mol. The second kappa shape index (κ2) is 25.0. The van der Waals surface area contributed by atoms with Crippen molar-refractivity contribution in [2.75, 3.05) is 60.7 Å². The van der Waals surface area contributed by atoms with Gasteiger partial charge in [0.05, 0.1) is 34.4 Å². The van der Waals surface area contributed by atoms with Crippen LogP contribution in [0.1, 0.15) is 123 Å². The van der Waals surface area contributed by atoms with Crippen LogP contribution in [0.2, 0.25) is 0 Å². The highest BCUT2D eigenvalue weighted by molar-refractivity contribution is 7.47. The minimum absolute atomic E-state index is 0.0109. The van der Waals surface area contributed by atoms with Crippen LogP contribution in [-0.2, 0) is 23.1 Å². The maximum Gasteiger partial charge on any atom is 0.472 e. The Hall–Kier alpha value is -0.0100. The summed E-state index contributed by atoms with van der Waals surface area (Å²) < 4.78 is 34.9. The Morgan fingerprint density at radius 2 is 1.08 bits per heavy atom. The van der Waals surface area contributed by atoms with Crippen molar-refractivity contribution in [3.8, 4) is 0 Å². The van der Waals surface area contributed by atoms with Gasteiger partial charge in [-0.2, -0.15) is 0 Å². The highest BCUT2D eigenvalue weighted by Gasteiger charge is 2.25. The van der Waals surface area contributed by atoms with Crippen LogP contribution >= 0.6 is 7.82 Å². The normalized spacial score (nSPS) is 14.6. The third kappa shape index (κ3) is 28.8. The van der Waals surface area contributed by atoms with E-state index in [-0.39, 0.29) is 19.3 Å². The number of quaternary nitrogens is 1. The van der Waals surface area contributed by atoms with Crippen molar-refractivity contribution >= 4 is 7.82 Å². The molecule has 224 valence electrons. The first-order valence-electron chi connectivity index (χ1n) is 15.3. The molecular formula is C29H63NO6P+. The molecule has 0 aliphatic rings. The molecule has 0 rings (SSSR count). The zero-order chi connectivity index (χ0) is 27.7. The average Bonchev–Trinajstić information content (AvgIpc) is 2.83. The van der Waals surface area contributed by atoms with Crippen LogP contribution in [0.5, 0.6) is 0 Å². The monoisotopic (exact) mass is 552 g/mol. The molecule has 1 N–H and O–H groups in total. The van der Waals surface area contributed by atoms with E-state index >= 15 is 0 Å². The van der Waals surface area contributed by atoms with Gasteiger partial charge in [-0.3, -0.25) is 9.05 Å². The summed E-state index contributed by atoms with van der Waals surface area (Å²) in [5.41, 5.74) is 0. The number of phosphoric acid groups is 1. The van der Waals surface area contributed by atoms with Crippen LogP contribution in [0.4, 0.5) is 0 Å². The molecule has 2 unspecified atom stereocenters. The molecule has 0 aliphatic carbocycles. The molecule has 0 aliphatic heterocycles. The average molecular weight is 553 g/mol. The molecule has 7 nitrogen and oxygen atoms in total. The molecule has 0 aromatic carbocycles. The van der Waals surface area contributed by atoms with Crippen molar-refractivity contribution in [3.05, 3.63) is 0 Å². The Morgan fingerprint density at radius 1 is 0.622 bits per heavy atom. The van der Waals surface area contributed by atoms with Gasteiger partial charge in [0.1, 0.15) is 19.3 Å². The van der Waals surface area contributed by atoms with Gasteiger partial charge >= 0.3 is 7.82 Å². The molecule has 0 radical (unpaired) electrons. The number of phosphoric ester groups is 1. The molecule has 0 aromatic rings. The fourth-order valence-electron chi connectivity index (χ4n) is 4.00. The Balaban J connectivity index is 3.89. The lowest BCUT2D eigenvalue weighted by Crippen LogP contribution is -2.37. The van der Waals surface area contributed by atoms with Gasteiger partial charge in [-0.25, -0.2) is 4.57 Å². The summed E-state index contributed by atoms with van der Waals surface area (Å²) in [6, 6.07) is 0. The van der Waals surface area contributed by atoms with Crippen LogP contribution in [0, 0.1) is 0 Å². The third-order valence-corrected chi connectivity index (χ3v) is 7.47. The van der Waals surface area contributed by atoms with E-state index in [1.165, 1.54) is 83.5 Å². The molecular weight excluding hydrogens is 489 g/mol. The van der Waals surface area contributed by atoms with Crippen molar-refractivity contribution in [1.82, 2.24) is 0 Å². The van der Waals surface area contributed by atoms with Gasteiger partial charge in [-0.1, -0.05) is 110 Å². The van der Waals surface area contributed by atoms with Crippen molar-refractivity contribution in [3.63, 3.8) is 0 Å². The topological polar surface area (TPSA) is 74.2 Å². The molecule has 0 fully saturated rings. The van der Waals surface area contributed by atoms with E-state index in [0.29, 0.717) is 30.8 Å². The van der Waals surface area contributed by atoms with Crippen LogP contribution in [0.15, 0.2) is 0 Å². The van der Waals surface area contributed by atoms with Crippen LogP contribution in [0.25, 0.3) is 0 Å². The van der Waals surface area contributed by atoms with E-state index in [9.17, 15) is 9.46 Å². The number of ether oxygens (including phenoxy) is 2. The summed E-state index contributed by atoms with van der Waals surface area (Å²) in [6.07, 6.45) is 21.5. The fourth-order valence-corrected chi connectivity index (χ4v) is 4.75. The third-order valence-electron chi connectivity index (χ3n) is 6.49. The van der Waals surface area contributed by atoms with Gasteiger partial charge in [0, 0.05) is 13.2 Å². The van der Waals surface area contributed by atoms with E-state index in [4.69, 9.17) is 18.5 Å².